The number of thiophene rings is 1. The molecule has 1 amide bonds. The monoisotopic (exact) mass is 401 g/mol. The number of pyridine rings is 1. The Morgan fingerprint density at radius 2 is 2.04 bits per heavy atom. The third-order valence-corrected chi connectivity index (χ3v) is 5.48. The Morgan fingerprint density at radius 3 is 2.77 bits per heavy atom. The van der Waals surface area contributed by atoms with E-state index in [1.54, 1.807) is 6.07 Å². The van der Waals surface area contributed by atoms with Gasteiger partial charge in [0.1, 0.15) is 9.98 Å². The van der Waals surface area contributed by atoms with Crippen molar-refractivity contribution < 1.29 is 4.79 Å². The summed E-state index contributed by atoms with van der Waals surface area (Å²) in [7, 11) is 0. The fourth-order valence-corrected chi connectivity index (χ4v) is 4.20. The first-order valence-electron chi connectivity index (χ1n) is 7.82. The second-order valence-electron chi connectivity index (χ2n) is 5.82. The molecule has 0 spiro atoms. The van der Waals surface area contributed by atoms with Crippen LogP contribution in [0.5, 0.6) is 0 Å². The summed E-state index contributed by atoms with van der Waals surface area (Å²) in [6, 6.07) is 13.1. The molecule has 0 radical (unpaired) electrons. The van der Waals surface area contributed by atoms with Crippen LogP contribution in [0, 0.1) is 6.92 Å². The van der Waals surface area contributed by atoms with Gasteiger partial charge in [0.05, 0.1) is 15.6 Å². The molecule has 0 fully saturated rings. The molecule has 3 aromatic heterocycles. The number of nitrogens with zero attached hydrogens (tertiary/aromatic N) is 2. The van der Waals surface area contributed by atoms with Gasteiger partial charge in [-0.05, 0) is 36.8 Å². The molecule has 130 valence electrons. The highest BCUT2D eigenvalue weighted by molar-refractivity contribution is 7.20. The maximum atomic E-state index is 12.4. The topological polar surface area (TPSA) is 46.4 Å². The standard InChI is InChI=1S/C19H13Cl2N3OS/c1-11-4-3-7-24-10-15(23-18(11)24)12-5-2-6-13(8-12)22-19(25)14-9-16(20)26-17(14)21/h2-10H,1H3,(H,22,25). The van der Waals surface area contributed by atoms with Crippen molar-refractivity contribution in [3.63, 3.8) is 0 Å². The third-order valence-electron chi connectivity index (χ3n) is 4.00. The van der Waals surface area contributed by atoms with Gasteiger partial charge < -0.3 is 9.72 Å². The predicted octanol–water partition coefficient (Wildman–Crippen LogP) is 5.93. The molecular weight excluding hydrogens is 389 g/mol. The van der Waals surface area contributed by atoms with Crippen LogP contribution in [0.2, 0.25) is 8.67 Å². The second-order valence-corrected chi connectivity index (χ2v) is 8.11. The molecule has 0 atom stereocenters. The molecular formula is C19H13Cl2N3OS. The van der Waals surface area contributed by atoms with Crippen LogP contribution in [0.1, 0.15) is 15.9 Å². The zero-order valence-electron chi connectivity index (χ0n) is 13.7. The summed E-state index contributed by atoms with van der Waals surface area (Å²) in [5.41, 5.74) is 4.81. The van der Waals surface area contributed by atoms with Gasteiger partial charge in [-0.2, -0.15) is 0 Å². The van der Waals surface area contributed by atoms with Crippen molar-refractivity contribution in [2.45, 2.75) is 6.92 Å². The van der Waals surface area contributed by atoms with Crippen LogP contribution in [-0.4, -0.2) is 15.3 Å². The highest BCUT2D eigenvalue weighted by atomic mass is 35.5. The molecule has 0 aliphatic rings. The third kappa shape index (κ3) is 3.21. The van der Waals surface area contributed by atoms with Crippen LogP contribution in [0.4, 0.5) is 5.69 Å². The number of benzene rings is 1. The van der Waals surface area contributed by atoms with Gasteiger partial charge in [0.2, 0.25) is 0 Å². The molecule has 26 heavy (non-hydrogen) atoms. The number of halogens is 2. The van der Waals surface area contributed by atoms with Gasteiger partial charge in [-0.15, -0.1) is 11.3 Å². The molecule has 4 nitrogen and oxygen atoms in total. The largest absolute Gasteiger partial charge is 0.322 e. The quantitative estimate of drug-likeness (QED) is 0.462. The van der Waals surface area contributed by atoms with E-state index in [-0.39, 0.29) is 5.91 Å². The van der Waals surface area contributed by atoms with Crippen molar-refractivity contribution in [2.75, 3.05) is 5.32 Å². The predicted molar refractivity (Wildman–Crippen MR) is 108 cm³/mol. The summed E-state index contributed by atoms with van der Waals surface area (Å²) in [5.74, 6) is -0.291. The van der Waals surface area contributed by atoms with Crippen LogP contribution in [0.3, 0.4) is 0 Å². The minimum atomic E-state index is -0.291. The number of nitrogens with one attached hydrogen (secondary N) is 1. The zero-order valence-corrected chi connectivity index (χ0v) is 16.0. The number of carbonyl (C=O) groups excluding carboxylic acids is 1. The number of anilines is 1. The number of amides is 1. The van der Waals surface area contributed by atoms with E-state index in [0.29, 0.717) is 19.9 Å². The Hall–Kier alpha value is -2.34. The Labute approximate surface area is 164 Å². The normalized spacial score (nSPS) is 11.0. The maximum Gasteiger partial charge on any atom is 0.258 e. The zero-order chi connectivity index (χ0) is 18.3. The number of carbonyl (C=O) groups is 1. The SMILES string of the molecule is Cc1cccn2cc(-c3cccc(NC(=O)c4cc(Cl)sc4Cl)c3)nc12. The minimum Gasteiger partial charge on any atom is -0.322 e. The van der Waals surface area contributed by atoms with E-state index >= 15 is 0 Å². The molecule has 1 aromatic carbocycles. The molecule has 0 bridgehead atoms. The summed E-state index contributed by atoms with van der Waals surface area (Å²) in [4.78, 5) is 17.1. The van der Waals surface area contributed by atoms with E-state index in [1.807, 2.05) is 60.1 Å². The van der Waals surface area contributed by atoms with Crippen molar-refractivity contribution in [3.05, 3.63) is 74.7 Å². The number of aromatic nitrogens is 2. The van der Waals surface area contributed by atoms with Crippen LogP contribution in [0.25, 0.3) is 16.9 Å². The number of imidazole rings is 1. The smallest absolute Gasteiger partial charge is 0.258 e. The number of fused-ring (bicyclic) bond motifs is 1. The first-order valence-corrected chi connectivity index (χ1v) is 9.39. The van der Waals surface area contributed by atoms with E-state index in [2.05, 4.69) is 5.32 Å². The summed E-state index contributed by atoms with van der Waals surface area (Å²) < 4.78 is 2.84. The van der Waals surface area contributed by atoms with Crippen molar-refractivity contribution in [3.8, 4) is 11.3 Å². The lowest BCUT2D eigenvalue weighted by Gasteiger charge is -2.06. The fraction of sp³-hybridized carbons (Fsp3) is 0.0526. The first-order chi connectivity index (χ1) is 12.5. The highest BCUT2D eigenvalue weighted by Gasteiger charge is 2.15. The molecule has 3 heterocycles. The van der Waals surface area contributed by atoms with E-state index in [1.165, 1.54) is 11.3 Å². The van der Waals surface area contributed by atoms with Crippen LogP contribution in [0.15, 0.2) is 54.9 Å². The van der Waals surface area contributed by atoms with Crippen molar-refractivity contribution in [1.29, 1.82) is 0 Å². The van der Waals surface area contributed by atoms with Gasteiger partial charge in [-0.25, -0.2) is 4.98 Å². The summed E-state index contributed by atoms with van der Waals surface area (Å²) >= 11 is 13.1. The highest BCUT2D eigenvalue weighted by Crippen LogP contribution is 2.32. The molecule has 0 aliphatic carbocycles. The molecule has 4 aromatic rings. The van der Waals surface area contributed by atoms with Gasteiger partial charge in [0, 0.05) is 23.6 Å². The Morgan fingerprint density at radius 1 is 1.19 bits per heavy atom. The lowest BCUT2D eigenvalue weighted by atomic mass is 10.1. The first kappa shape index (κ1) is 17.1. The molecule has 0 unspecified atom stereocenters. The summed E-state index contributed by atoms with van der Waals surface area (Å²) in [5, 5.41) is 2.86. The van der Waals surface area contributed by atoms with Crippen LogP contribution >= 0.6 is 34.5 Å². The van der Waals surface area contributed by atoms with E-state index in [9.17, 15) is 4.79 Å². The van der Waals surface area contributed by atoms with Crippen LogP contribution in [-0.2, 0) is 0 Å². The molecule has 7 heteroatoms. The summed E-state index contributed by atoms with van der Waals surface area (Å²) in [6.45, 7) is 2.03. The fourth-order valence-electron chi connectivity index (χ4n) is 2.74. The number of hydrogen-bond donors (Lipinski definition) is 1. The van der Waals surface area contributed by atoms with Crippen molar-refractivity contribution in [2.24, 2.45) is 0 Å². The lowest BCUT2D eigenvalue weighted by molar-refractivity contribution is 0.102. The molecule has 0 saturated heterocycles. The Bertz CT molecular complexity index is 1130. The van der Waals surface area contributed by atoms with Gasteiger partial charge in [-0.1, -0.05) is 41.4 Å². The number of aryl methyl sites for hydroxylation is 1. The molecule has 0 aliphatic heterocycles. The minimum absolute atomic E-state index is 0.291. The van der Waals surface area contributed by atoms with Crippen LogP contribution < -0.4 is 5.32 Å². The Kier molecular flexibility index (Phi) is 4.44. The Balaban J connectivity index is 1.65. The van der Waals surface area contributed by atoms with Crippen molar-refractivity contribution in [1.82, 2.24) is 9.38 Å². The van der Waals surface area contributed by atoms with Gasteiger partial charge in [-0.3, -0.25) is 4.79 Å². The van der Waals surface area contributed by atoms with Crippen molar-refractivity contribution >= 4 is 51.8 Å². The summed E-state index contributed by atoms with van der Waals surface area (Å²) in [6.07, 6.45) is 3.94. The van der Waals surface area contributed by atoms with E-state index in [0.717, 1.165) is 22.5 Å². The lowest BCUT2D eigenvalue weighted by Crippen LogP contribution is -2.11. The number of rotatable bonds is 3. The molecule has 1 N–H and O–H groups in total. The molecule has 0 saturated carbocycles. The van der Waals surface area contributed by atoms with E-state index in [4.69, 9.17) is 28.2 Å². The molecule has 4 rings (SSSR count). The second kappa shape index (κ2) is 6.76. The van der Waals surface area contributed by atoms with Gasteiger partial charge >= 0.3 is 0 Å². The maximum absolute atomic E-state index is 12.4. The average Bonchev–Trinajstić information content (AvgIpc) is 3.19. The van der Waals surface area contributed by atoms with Gasteiger partial charge in [0.25, 0.3) is 5.91 Å². The van der Waals surface area contributed by atoms with E-state index < -0.39 is 0 Å². The average molecular weight is 402 g/mol. The van der Waals surface area contributed by atoms with Gasteiger partial charge in [0.15, 0.2) is 0 Å². The number of hydrogen-bond acceptors (Lipinski definition) is 3.